The zero-order chi connectivity index (χ0) is 64.6. The van der Waals surface area contributed by atoms with Crippen LogP contribution in [0, 0.1) is 0 Å². The van der Waals surface area contributed by atoms with Gasteiger partial charge in [-0.05, 0) is 20.8 Å². The molecule has 7 aliphatic rings. The van der Waals surface area contributed by atoms with Crippen LogP contribution in [0.15, 0.2) is 0 Å². The number of aliphatic hydroxyl groups excluding tert-OH is 19. The average molecular weight is 1280 g/mol. The van der Waals surface area contributed by atoms with Crippen LogP contribution < -0.4 is 10.6 Å². The maximum absolute atomic E-state index is 13.5. The third-order valence-electron chi connectivity index (χ3n) is 16.2. The van der Waals surface area contributed by atoms with Crippen LogP contribution in [0.3, 0.4) is 0 Å². The number of carboxylic acids is 1. The molecule has 7 fully saturated rings. The molecule has 0 bridgehead atoms. The predicted octanol–water partition coefficient (Wildman–Crippen LogP) is -13.7. The van der Waals surface area contributed by atoms with Crippen LogP contribution in [0.2, 0.25) is 0 Å². The quantitative estimate of drug-likeness (QED) is 0.0507. The summed E-state index contributed by atoms with van der Waals surface area (Å²) in [5.41, 5.74) is 0. The molecule has 0 radical (unpaired) electrons. The highest BCUT2D eigenvalue weighted by Crippen LogP contribution is 2.40. The van der Waals surface area contributed by atoms with Gasteiger partial charge in [0.1, 0.15) is 152 Å². The zero-order valence-electron chi connectivity index (χ0n) is 47.2. The lowest BCUT2D eigenvalue weighted by Gasteiger charge is -2.50. The second-order valence-corrected chi connectivity index (χ2v) is 22.4. The topological polar surface area (TPSA) is 600 Å². The number of amides is 2. The lowest BCUT2D eigenvalue weighted by atomic mass is 9.90. The molecule has 38 heteroatoms. The number of rotatable bonds is 21. The average Bonchev–Trinajstić information content (AvgIpc) is 0.985. The summed E-state index contributed by atoms with van der Waals surface area (Å²) < 4.78 is 74.8. The highest BCUT2D eigenvalue weighted by atomic mass is 16.8. The molecule has 7 saturated heterocycles. The fourth-order valence-electron chi connectivity index (χ4n) is 11.2. The van der Waals surface area contributed by atoms with E-state index in [9.17, 15) is 117 Å². The number of ether oxygens (including phenoxy) is 13. The van der Waals surface area contributed by atoms with Gasteiger partial charge in [0.2, 0.25) is 11.8 Å². The number of carbonyl (C=O) groups excluding carboxylic acids is 2. The summed E-state index contributed by atoms with van der Waals surface area (Å²) in [5, 5.41) is 222. The Hall–Kier alpha value is -2.87. The third kappa shape index (κ3) is 15.3. The lowest BCUT2D eigenvalue weighted by molar-refractivity contribution is -0.387. The number of carboxylic acid groups (broad SMARTS) is 1. The van der Waals surface area contributed by atoms with Crippen LogP contribution in [0.1, 0.15) is 41.0 Å². The van der Waals surface area contributed by atoms with Crippen molar-refractivity contribution in [3.05, 3.63) is 0 Å². The van der Waals surface area contributed by atoms with E-state index in [2.05, 4.69) is 10.6 Å². The standard InChI is InChI=1S/C49H82N2O36/c1-11-23(58)31(66)34(69)44(76-11)85-39-25(60)13(3)78-46(36(39)71)80-17-6-49(48(73)74,87-40(28(17)63)26(61)16(57)7-52)75-10-20-29(64)38(22(42(72)79-20)51-15(5)56)84-43-21(50-14(4)55)30(65)37(19(9-54)82-43)83-47-41(33(68)27(62)18(8-53)81-47)86-45-35(70)32(67)24(59)12(2)77-45/h11-13,16-47,52-54,57-72H,6-10H2,1-5H3,(H,50,55)(H,51,56)(H,73,74)/t11-,12-,13-,16+,17-,18+,19+,20+,21+,22+,23+,24+,25+,26+,27-,28+,29-,30+,31+,32+,33-,34-,35-,36-,37+,38+,39+,40-,41+,42+,43-,44-,45-,46-,47-,49+/m0/s1. The summed E-state index contributed by atoms with van der Waals surface area (Å²) in [6, 6.07) is -3.73. The van der Waals surface area contributed by atoms with E-state index < -0.39 is 271 Å². The van der Waals surface area contributed by atoms with Crippen molar-refractivity contribution in [1.82, 2.24) is 10.6 Å². The molecule has 504 valence electrons. The highest BCUT2D eigenvalue weighted by molar-refractivity contribution is 5.76. The maximum Gasteiger partial charge on any atom is 0.364 e. The Morgan fingerprint density at radius 1 is 0.483 bits per heavy atom. The molecule has 0 aromatic heterocycles. The summed E-state index contributed by atoms with van der Waals surface area (Å²) in [6.07, 6.45) is -64.4. The van der Waals surface area contributed by atoms with Gasteiger partial charge in [-0.2, -0.15) is 0 Å². The molecule has 7 aliphatic heterocycles. The molecule has 22 N–H and O–H groups in total. The van der Waals surface area contributed by atoms with Gasteiger partial charge in [0.05, 0.1) is 50.8 Å². The van der Waals surface area contributed by atoms with Gasteiger partial charge in [-0.3, -0.25) is 9.59 Å². The predicted molar refractivity (Wildman–Crippen MR) is 268 cm³/mol. The van der Waals surface area contributed by atoms with E-state index in [0.717, 1.165) is 13.8 Å². The normalized spacial score (nSPS) is 49.7. The van der Waals surface area contributed by atoms with Gasteiger partial charge in [-0.25, -0.2) is 4.79 Å². The van der Waals surface area contributed by atoms with Gasteiger partial charge >= 0.3 is 5.97 Å². The summed E-state index contributed by atoms with van der Waals surface area (Å²) in [4.78, 5) is 38.9. The Balaban J connectivity index is 1.13. The van der Waals surface area contributed by atoms with Gasteiger partial charge in [0.25, 0.3) is 5.79 Å². The molecule has 0 aromatic carbocycles. The second-order valence-electron chi connectivity index (χ2n) is 22.4. The van der Waals surface area contributed by atoms with E-state index >= 15 is 0 Å². The lowest BCUT2D eigenvalue weighted by Crippen LogP contribution is -2.71. The van der Waals surface area contributed by atoms with Crippen LogP contribution in [0.5, 0.6) is 0 Å². The van der Waals surface area contributed by atoms with Crippen molar-refractivity contribution in [1.29, 1.82) is 0 Å². The SMILES string of the molecule is CC(=O)N[C@@H]1[C@@H](O[C@@H]2O[C@H](CO)[C@@H](O[C@@H]3O[C@H](CO)[C@H](O)[C@H](O)[C@H]3O[C@@H]3O[C@@H](C)[C@@H](O)[C@@H](O)[C@@H]3O)[C@H](O)[C@H]2NC(C)=O)[C@@H](O)[C@@H](CO[C@]2(C(=O)O)C[C@H](O[C@@H]3O[C@@H](C)[C@@H](O)[C@@H](O[C@@H]4O[C@@H](C)[C@@H](O)[C@@H](O)[C@@H]4O)[C@@H]3O)[C@@H](O)[C@H]([C@H](O)[C@H](O)CO)O2)O[C@H]1O. The largest absolute Gasteiger partial charge is 0.477 e. The van der Waals surface area contributed by atoms with Crippen molar-refractivity contribution in [2.45, 2.75) is 261 Å². The molecule has 0 saturated carbocycles. The van der Waals surface area contributed by atoms with Crippen molar-refractivity contribution in [3.63, 3.8) is 0 Å². The smallest absolute Gasteiger partial charge is 0.364 e. The molecule has 38 nitrogen and oxygen atoms in total. The number of hydrogen-bond donors (Lipinski definition) is 22. The minimum atomic E-state index is -3.21. The molecule has 0 spiro atoms. The summed E-state index contributed by atoms with van der Waals surface area (Å²) in [6.45, 7) is 1.29. The van der Waals surface area contributed by atoms with E-state index in [-0.39, 0.29) is 0 Å². The van der Waals surface area contributed by atoms with E-state index in [1.165, 1.54) is 20.8 Å². The van der Waals surface area contributed by atoms with Gasteiger partial charge in [-0.15, -0.1) is 0 Å². The van der Waals surface area contributed by atoms with Crippen molar-refractivity contribution in [2.75, 3.05) is 26.4 Å². The van der Waals surface area contributed by atoms with Crippen LogP contribution in [0.25, 0.3) is 0 Å². The Morgan fingerprint density at radius 3 is 1.51 bits per heavy atom. The van der Waals surface area contributed by atoms with E-state index in [1.54, 1.807) is 0 Å². The first-order valence-corrected chi connectivity index (χ1v) is 27.8. The molecule has 7 rings (SSSR count). The minimum absolute atomic E-state index is 0.895. The summed E-state index contributed by atoms with van der Waals surface area (Å²) >= 11 is 0. The molecule has 2 amide bonds. The van der Waals surface area contributed by atoms with Gasteiger partial charge < -0.3 is 174 Å². The zero-order valence-corrected chi connectivity index (χ0v) is 47.2. The number of aliphatic carboxylic acids is 1. The Morgan fingerprint density at radius 2 is 0.977 bits per heavy atom. The molecule has 36 atom stereocenters. The third-order valence-corrected chi connectivity index (χ3v) is 16.2. The number of hydrogen-bond acceptors (Lipinski definition) is 35. The highest BCUT2D eigenvalue weighted by Gasteiger charge is 2.61. The Kier molecular flexibility index (Phi) is 24.5. The van der Waals surface area contributed by atoms with E-state index in [4.69, 9.17) is 61.6 Å². The number of aliphatic hydroxyl groups is 19. The van der Waals surface area contributed by atoms with Gasteiger partial charge in [0.15, 0.2) is 37.7 Å². The van der Waals surface area contributed by atoms with Gasteiger partial charge in [0, 0.05) is 20.3 Å². The first-order valence-electron chi connectivity index (χ1n) is 27.8. The Labute approximate surface area is 493 Å². The molecular weight excluding hydrogens is 1190 g/mol. The van der Waals surface area contributed by atoms with Crippen molar-refractivity contribution < 1.29 is 178 Å². The first kappa shape index (κ1) is 71.6. The Bertz CT molecular complexity index is 2240. The monoisotopic (exact) mass is 1270 g/mol. The maximum atomic E-state index is 13.5. The number of carbonyl (C=O) groups is 3. The molecule has 0 aliphatic carbocycles. The first-order chi connectivity index (χ1) is 40.8. The van der Waals surface area contributed by atoms with E-state index in [1.807, 2.05) is 0 Å². The fourth-order valence-corrected chi connectivity index (χ4v) is 11.2. The fraction of sp³-hybridized carbons (Fsp3) is 0.939. The molecule has 0 unspecified atom stereocenters. The molecule has 0 aromatic rings. The second kappa shape index (κ2) is 29.8. The number of nitrogens with one attached hydrogen (secondary N) is 2. The van der Waals surface area contributed by atoms with Crippen LogP contribution in [-0.2, 0) is 76.0 Å². The molecular formula is C49H82N2O36. The molecule has 87 heavy (non-hydrogen) atoms. The minimum Gasteiger partial charge on any atom is -0.477 e. The van der Waals surface area contributed by atoms with Crippen molar-refractivity contribution in [2.24, 2.45) is 0 Å². The van der Waals surface area contributed by atoms with Gasteiger partial charge in [-0.1, -0.05) is 0 Å². The summed E-state index contributed by atoms with van der Waals surface area (Å²) in [7, 11) is 0. The van der Waals surface area contributed by atoms with Crippen LogP contribution >= 0.6 is 0 Å². The summed E-state index contributed by atoms with van der Waals surface area (Å²) in [5.74, 6) is -7.10. The van der Waals surface area contributed by atoms with Crippen molar-refractivity contribution in [3.8, 4) is 0 Å². The van der Waals surface area contributed by atoms with Crippen LogP contribution in [0.4, 0.5) is 0 Å². The molecule has 7 heterocycles. The van der Waals surface area contributed by atoms with Crippen LogP contribution in [-0.4, -0.2) is 367 Å². The van der Waals surface area contributed by atoms with E-state index in [0.29, 0.717) is 0 Å². The van der Waals surface area contributed by atoms with Crippen molar-refractivity contribution >= 4 is 17.8 Å².